The van der Waals surface area contributed by atoms with Crippen LogP contribution in [0.15, 0.2) is 12.4 Å². The van der Waals surface area contributed by atoms with E-state index < -0.39 is 0 Å². The van der Waals surface area contributed by atoms with E-state index in [0.717, 1.165) is 71.7 Å². The Hall–Kier alpha value is -1.40. The number of nitrogens with zero attached hydrogens (tertiary/aromatic N) is 4. The highest BCUT2D eigenvalue weighted by atomic mass is 16.5. The van der Waals surface area contributed by atoms with Gasteiger partial charge in [0.15, 0.2) is 0 Å². The van der Waals surface area contributed by atoms with Crippen molar-refractivity contribution < 1.29 is 9.53 Å². The number of hydrogen-bond acceptors (Lipinski definition) is 4. The minimum atomic E-state index is 0.314. The van der Waals surface area contributed by atoms with Crippen molar-refractivity contribution in [2.75, 3.05) is 45.9 Å². The van der Waals surface area contributed by atoms with Gasteiger partial charge in [0, 0.05) is 57.5 Å². The lowest BCUT2D eigenvalue weighted by molar-refractivity contribution is -0.132. The molecule has 146 valence electrons. The van der Waals surface area contributed by atoms with Crippen LogP contribution in [0.3, 0.4) is 0 Å². The first kappa shape index (κ1) is 19.4. The summed E-state index contributed by atoms with van der Waals surface area (Å²) in [5.74, 6) is 1.87. The van der Waals surface area contributed by atoms with Gasteiger partial charge in [-0.05, 0) is 32.2 Å². The molecule has 2 saturated heterocycles. The SMILES string of the molecule is CCCCn1ccnc1C1CCCN(C(=O)CCCN2CCOCC2)C1. The van der Waals surface area contributed by atoms with E-state index in [0.29, 0.717) is 18.2 Å². The zero-order chi connectivity index (χ0) is 18.2. The van der Waals surface area contributed by atoms with Gasteiger partial charge in [0.1, 0.15) is 5.82 Å². The third kappa shape index (κ3) is 5.30. The number of aryl methyl sites for hydroxylation is 1. The molecular weight excluding hydrogens is 328 g/mol. The molecule has 1 aromatic heterocycles. The number of imidazole rings is 1. The van der Waals surface area contributed by atoms with E-state index in [1.54, 1.807) is 0 Å². The molecular formula is C20H34N4O2. The van der Waals surface area contributed by atoms with Gasteiger partial charge in [-0.2, -0.15) is 0 Å². The van der Waals surface area contributed by atoms with Crippen molar-refractivity contribution in [3.63, 3.8) is 0 Å². The summed E-state index contributed by atoms with van der Waals surface area (Å²) >= 11 is 0. The molecule has 0 radical (unpaired) electrons. The summed E-state index contributed by atoms with van der Waals surface area (Å²) in [5.41, 5.74) is 0. The Balaban J connectivity index is 1.46. The summed E-state index contributed by atoms with van der Waals surface area (Å²) in [6, 6.07) is 0. The summed E-state index contributed by atoms with van der Waals surface area (Å²) in [6.07, 6.45) is 10.2. The van der Waals surface area contributed by atoms with Gasteiger partial charge in [0.2, 0.25) is 5.91 Å². The molecule has 2 fully saturated rings. The quantitative estimate of drug-likeness (QED) is 0.713. The number of aromatic nitrogens is 2. The molecule has 2 aliphatic heterocycles. The van der Waals surface area contributed by atoms with E-state index in [1.807, 2.05) is 6.20 Å². The zero-order valence-electron chi connectivity index (χ0n) is 16.2. The van der Waals surface area contributed by atoms with Crippen LogP contribution < -0.4 is 0 Å². The number of likely N-dealkylation sites (tertiary alicyclic amines) is 1. The van der Waals surface area contributed by atoms with Crippen molar-refractivity contribution in [2.45, 2.75) is 57.9 Å². The first-order chi connectivity index (χ1) is 12.8. The van der Waals surface area contributed by atoms with Gasteiger partial charge in [-0.3, -0.25) is 9.69 Å². The van der Waals surface area contributed by atoms with Gasteiger partial charge < -0.3 is 14.2 Å². The number of rotatable bonds is 8. The van der Waals surface area contributed by atoms with Crippen molar-refractivity contribution in [1.82, 2.24) is 19.4 Å². The largest absolute Gasteiger partial charge is 0.379 e. The third-order valence-electron chi connectivity index (χ3n) is 5.61. The summed E-state index contributed by atoms with van der Waals surface area (Å²) in [5, 5.41) is 0. The molecule has 0 aromatic carbocycles. The van der Waals surface area contributed by atoms with Crippen LogP contribution in [0.5, 0.6) is 0 Å². The number of piperidine rings is 1. The first-order valence-electron chi connectivity index (χ1n) is 10.4. The molecule has 6 heteroatoms. The number of carbonyl (C=O) groups excluding carboxylic acids is 1. The van der Waals surface area contributed by atoms with E-state index in [-0.39, 0.29) is 0 Å². The molecule has 1 amide bonds. The van der Waals surface area contributed by atoms with Gasteiger partial charge in [0.25, 0.3) is 0 Å². The Morgan fingerprint density at radius 1 is 1.23 bits per heavy atom. The maximum Gasteiger partial charge on any atom is 0.222 e. The Morgan fingerprint density at radius 3 is 2.88 bits per heavy atom. The Bertz CT molecular complexity index is 554. The van der Waals surface area contributed by atoms with Crippen LogP contribution in [-0.2, 0) is 16.1 Å². The number of morpholine rings is 1. The molecule has 26 heavy (non-hydrogen) atoms. The molecule has 3 rings (SSSR count). The highest BCUT2D eigenvalue weighted by Gasteiger charge is 2.27. The van der Waals surface area contributed by atoms with Gasteiger partial charge in [-0.25, -0.2) is 4.98 Å². The van der Waals surface area contributed by atoms with Crippen LogP contribution in [0.1, 0.15) is 57.2 Å². The topological polar surface area (TPSA) is 50.6 Å². The van der Waals surface area contributed by atoms with Gasteiger partial charge >= 0.3 is 0 Å². The molecule has 0 aliphatic carbocycles. The molecule has 0 N–H and O–H groups in total. The minimum Gasteiger partial charge on any atom is -0.379 e. The summed E-state index contributed by atoms with van der Waals surface area (Å²) in [4.78, 5) is 21.8. The second-order valence-corrected chi connectivity index (χ2v) is 7.57. The minimum absolute atomic E-state index is 0.314. The Morgan fingerprint density at radius 2 is 2.08 bits per heavy atom. The molecule has 6 nitrogen and oxygen atoms in total. The number of carbonyl (C=O) groups is 1. The van der Waals surface area contributed by atoms with E-state index >= 15 is 0 Å². The Kier molecular flexibility index (Phi) is 7.50. The van der Waals surface area contributed by atoms with Crippen LogP contribution in [0.2, 0.25) is 0 Å². The second-order valence-electron chi connectivity index (χ2n) is 7.57. The number of ether oxygens (including phenoxy) is 1. The standard InChI is InChI=1S/C20H34N4O2/c1-2-3-10-23-12-8-21-20(23)18-6-4-11-24(17-18)19(25)7-5-9-22-13-15-26-16-14-22/h8,12,18H,2-7,9-11,13-17H2,1H3. The van der Waals surface area contributed by atoms with Gasteiger partial charge in [0.05, 0.1) is 13.2 Å². The molecule has 1 unspecified atom stereocenters. The maximum absolute atomic E-state index is 12.7. The molecule has 0 spiro atoms. The van der Waals surface area contributed by atoms with E-state index in [2.05, 4.69) is 32.5 Å². The fourth-order valence-corrected chi connectivity index (χ4v) is 4.05. The Labute approximate surface area is 157 Å². The normalized spacial score (nSPS) is 21.9. The number of unbranched alkanes of at least 4 members (excludes halogenated alkanes) is 1. The van der Waals surface area contributed by atoms with Crippen molar-refractivity contribution in [2.24, 2.45) is 0 Å². The van der Waals surface area contributed by atoms with Crippen LogP contribution in [0, 0.1) is 0 Å². The van der Waals surface area contributed by atoms with Crippen molar-refractivity contribution in [3.8, 4) is 0 Å². The highest BCUT2D eigenvalue weighted by molar-refractivity contribution is 5.76. The predicted molar refractivity (Wildman–Crippen MR) is 102 cm³/mol. The van der Waals surface area contributed by atoms with E-state index in [4.69, 9.17) is 4.74 Å². The summed E-state index contributed by atoms with van der Waals surface area (Å²) in [6.45, 7) is 9.65. The van der Waals surface area contributed by atoms with Gasteiger partial charge in [-0.15, -0.1) is 0 Å². The van der Waals surface area contributed by atoms with Crippen LogP contribution in [-0.4, -0.2) is 71.2 Å². The third-order valence-corrected chi connectivity index (χ3v) is 5.61. The lowest BCUT2D eigenvalue weighted by Gasteiger charge is -2.33. The van der Waals surface area contributed by atoms with E-state index in [9.17, 15) is 4.79 Å². The lowest BCUT2D eigenvalue weighted by atomic mass is 9.96. The zero-order valence-corrected chi connectivity index (χ0v) is 16.2. The summed E-state index contributed by atoms with van der Waals surface area (Å²) in [7, 11) is 0. The average Bonchev–Trinajstić information content (AvgIpc) is 3.16. The average molecular weight is 363 g/mol. The van der Waals surface area contributed by atoms with Crippen molar-refractivity contribution >= 4 is 5.91 Å². The summed E-state index contributed by atoms with van der Waals surface area (Å²) < 4.78 is 7.67. The van der Waals surface area contributed by atoms with Crippen molar-refractivity contribution in [3.05, 3.63) is 18.2 Å². The van der Waals surface area contributed by atoms with Crippen LogP contribution >= 0.6 is 0 Å². The monoisotopic (exact) mass is 362 g/mol. The first-order valence-corrected chi connectivity index (χ1v) is 10.4. The highest BCUT2D eigenvalue weighted by Crippen LogP contribution is 2.26. The molecule has 0 bridgehead atoms. The fourth-order valence-electron chi connectivity index (χ4n) is 4.05. The molecule has 1 atom stereocenters. The fraction of sp³-hybridized carbons (Fsp3) is 0.800. The molecule has 0 saturated carbocycles. The van der Waals surface area contributed by atoms with E-state index in [1.165, 1.54) is 18.7 Å². The van der Waals surface area contributed by atoms with Crippen molar-refractivity contribution in [1.29, 1.82) is 0 Å². The number of amides is 1. The molecule has 2 aliphatic rings. The van der Waals surface area contributed by atoms with Crippen LogP contribution in [0.25, 0.3) is 0 Å². The maximum atomic E-state index is 12.7. The van der Waals surface area contributed by atoms with Gasteiger partial charge in [-0.1, -0.05) is 13.3 Å². The second kappa shape index (κ2) is 10.1. The smallest absolute Gasteiger partial charge is 0.222 e. The lowest BCUT2D eigenvalue weighted by Crippen LogP contribution is -2.40. The predicted octanol–water partition coefficient (Wildman–Crippen LogP) is 2.50. The number of hydrogen-bond donors (Lipinski definition) is 0. The molecule has 3 heterocycles. The molecule has 1 aromatic rings. The van der Waals surface area contributed by atoms with Crippen LogP contribution in [0.4, 0.5) is 0 Å².